The maximum Gasteiger partial charge on any atom is 0.293 e. The van der Waals surface area contributed by atoms with Gasteiger partial charge in [0.15, 0.2) is 5.82 Å². The summed E-state index contributed by atoms with van der Waals surface area (Å²) < 4.78 is 1.67. The van der Waals surface area contributed by atoms with Crippen LogP contribution in [0.25, 0.3) is 0 Å². The molecule has 1 aliphatic rings. The third-order valence-corrected chi connectivity index (χ3v) is 2.60. The predicted molar refractivity (Wildman–Crippen MR) is 63.9 cm³/mol. The van der Waals surface area contributed by atoms with Gasteiger partial charge in [-0.15, -0.1) is 0 Å². The summed E-state index contributed by atoms with van der Waals surface area (Å²) in [6, 6.07) is 0.315. The van der Waals surface area contributed by atoms with Gasteiger partial charge in [0.1, 0.15) is 0 Å². The fourth-order valence-electron chi connectivity index (χ4n) is 1.61. The molecule has 0 radical (unpaired) electrons. The van der Waals surface area contributed by atoms with E-state index in [0.717, 1.165) is 12.8 Å². The van der Waals surface area contributed by atoms with Crippen molar-refractivity contribution in [1.29, 1.82) is 0 Å². The van der Waals surface area contributed by atoms with Gasteiger partial charge in [0.05, 0.1) is 6.54 Å². The molecule has 1 aromatic rings. The van der Waals surface area contributed by atoms with Gasteiger partial charge in [0.25, 0.3) is 5.56 Å². The normalized spacial score (nSPS) is 14.4. The van der Waals surface area contributed by atoms with E-state index < -0.39 is 0 Å². The van der Waals surface area contributed by atoms with Crippen LogP contribution in [0.5, 0.6) is 0 Å². The van der Waals surface area contributed by atoms with Crippen LogP contribution in [0.15, 0.2) is 17.2 Å². The van der Waals surface area contributed by atoms with E-state index in [4.69, 9.17) is 0 Å². The van der Waals surface area contributed by atoms with Gasteiger partial charge in [-0.1, -0.05) is 0 Å². The van der Waals surface area contributed by atoms with Gasteiger partial charge in [-0.3, -0.25) is 9.59 Å². The molecule has 2 rings (SSSR count). The van der Waals surface area contributed by atoms with Crippen LogP contribution in [0.4, 0.5) is 5.82 Å². The molecule has 92 valence electrons. The highest BCUT2D eigenvalue weighted by Gasteiger charge is 2.25. The Labute approximate surface area is 99.1 Å². The number of hydrogen-bond acceptors (Lipinski definition) is 4. The minimum absolute atomic E-state index is 0.0742. The van der Waals surface area contributed by atoms with Crippen molar-refractivity contribution < 1.29 is 4.79 Å². The Morgan fingerprint density at radius 2 is 2.35 bits per heavy atom. The molecule has 1 heterocycles. The van der Waals surface area contributed by atoms with Crippen LogP contribution in [0.3, 0.4) is 0 Å². The first kappa shape index (κ1) is 11.6. The van der Waals surface area contributed by atoms with Crippen LogP contribution in [0, 0.1) is 0 Å². The lowest BCUT2D eigenvalue weighted by Gasteiger charge is -2.07. The van der Waals surface area contributed by atoms with Gasteiger partial charge in [0.2, 0.25) is 5.91 Å². The predicted octanol–water partition coefficient (Wildman–Crippen LogP) is 0.126. The van der Waals surface area contributed by atoms with E-state index in [1.165, 1.54) is 0 Å². The number of nitrogens with one attached hydrogen (secondary N) is 2. The number of carbonyl (C=O) groups excluding carboxylic acids is 1. The maximum absolute atomic E-state index is 11.9. The fraction of sp³-hybridized carbons (Fsp3) is 0.545. The summed E-state index contributed by atoms with van der Waals surface area (Å²) in [7, 11) is 0. The molecule has 1 amide bonds. The van der Waals surface area contributed by atoms with Crippen molar-refractivity contribution in [1.82, 2.24) is 14.9 Å². The first-order valence-electron chi connectivity index (χ1n) is 5.80. The molecule has 0 aromatic carbocycles. The second-order valence-electron chi connectivity index (χ2n) is 4.03. The van der Waals surface area contributed by atoms with Crippen LogP contribution in [0.2, 0.25) is 0 Å². The van der Waals surface area contributed by atoms with E-state index in [0.29, 0.717) is 12.6 Å². The Bertz CT molecular complexity index is 465. The Kier molecular flexibility index (Phi) is 3.41. The molecular formula is C11H16N4O2. The molecule has 1 saturated carbocycles. The minimum Gasteiger partial charge on any atom is -0.356 e. The highest BCUT2D eigenvalue weighted by atomic mass is 16.2. The Morgan fingerprint density at radius 1 is 1.59 bits per heavy atom. The van der Waals surface area contributed by atoms with Crippen molar-refractivity contribution in [2.24, 2.45) is 0 Å². The molecule has 0 spiro atoms. The van der Waals surface area contributed by atoms with Crippen LogP contribution in [0.1, 0.15) is 25.8 Å². The smallest absolute Gasteiger partial charge is 0.293 e. The average Bonchev–Trinajstić information content (AvgIpc) is 3.12. The van der Waals surface area contributed by atoms with Crippen LogP contribution < -0.4 is 16.2 Å². The maximum atomic E-state index is 11.9. The fourth-order valence-corrected chi connectivity index (χ4v) is 1.61. The minimum atomic E-state index is -0.153. The Balaban J connectivity index is 2.03. The Hall–Kier alpha value is -1.85. The number of amides is 1. The summed E-state index contributed by atoms with van der Waals surface area (Å²) in [5, 5.41) is 5.41. The first-order valence-corrected chi connectivity index (χ1v) is 5.80. The number of anilines is 1. The molecule has 0 atom stereocenters. The largest absolute Gasteiger partial charge is 0.356 e. The number of hydrogen-bond donors (Lipinski definition) is 2. The van der Waals surface area contributed by atoms with E-state index in [9.17, 15) is 9.59 Å². The lowest BCUT2D eigenvalue weighted by Crippen LogP contribution is -2.32. The van der Waals surface area contributed by atoms with Gasteiger partial charge in [-0.05, 0) is 19.8 Å². The average molecular weight is 236 g/mol. The van der Waals surface area contributed by atoms with E-state index >= 15 is 0 Å². The molecule has 17 heavy (non-hydrogen) atoms. The van der Waals surface area contributed by atoms with Crippen molar-refractivity contribution in [3.8, 4) is 0 Å². The third-order valence-electron chi connectivity index (χ3n) is 2.60. The molecule has 2 N–H and O–H groups in total. The number of likely N-dealkylation sites (N-methyl/N-ethyl adjacent to an activating group) is 1. The van der Waals surface area contributed by atoms with Crippen molar-refractivity contribution in [3.05, 3.63) is 22.7 Å². The summed E-state index contributed by atoms with van der Waals surface area (Å²) in [4.78, 5) is 27.1. The van der Waals surface area contributed by atoms with Crippen molar-refractivity contribution in [2.75, 3.05) is 18.4 Å². The topological polar surface area (TPSA) is 76.0 Å². The van der Waals surface area contributed by atoms with Crippen LogP contribution in [-0.4, -0.2) is 28.5 Å². The molecule has 6 heteroatoms. The molecule has 0 saturated heterocycles. The molecule has 0 bridgehead atoms. The van der Waals surface area contributed by atoms with Gasteiger partial charge in [0, 0.05) is 25.0 Å². The molecule has 0 unspecified atom stereocenters. The quantitative estimate of drug-likeness (QED) is 0.761. The van der Waals surface area contributed by atoms with Crippen molar-refractivity contribution >= 4 is 11.7 Å². The van der Waals surface area contributed by atoms with E-state index in [1.54, 1.807) is 17.0 Å². The molecule has 6 nitrogen and oxygen atoms in total. The molecule has 1 aliphatic carbocycles. The monoisotopic (exact) mass is 236 g/mol. The van der Waals surface area contributed by atoms with Gasteiger partial charge >= 0.3 is 0 Å². The van der Waals surface area contributed by atoms with Gasteiger partial charge in [-0.25, -0.2) is 4.98 Å². The van der Waals surface area contributed by atoms with Crippen LogP contribution in [-0.2, 0) is 4.79 Å². The highest BCUT2D eigenvalue weighted by Crippen LogP contribution is 2.33. The number of nitrogens with zero attached hydrogens (tertiary/aromatic N) is 2. The second-order valence-corrected chi connectivity index (χ2v) is 4.03. The van der Waals surface area contributed by atoms with Crippen LogP contribution >= 0.6 is 0 Å². The zero-order valence-corrected chi connectivity index (χ0v) is 9.77. The van der Waals surface area contributed by atoms with Gasteiger partial charge in [-0.2, -0.15) is 0 Å². The summed E-state index contributed by atoms with van der Waals surface area (Å²) in [6.45, 7) is 2.50. The number of rotatable bonds is 5. The molecule has 0 aliphatic heterocycles. The lowest BCUT2D eigenvalue weighted by molar-refractivity contribution is -0.119. The number of aromatic nitrogens is 2. The van der Waals surface area contributed by atoms with E-state index in [2.05, 4.69) is 15.6 Å². The molecule has 1 aromatic heterocycles. The zero-order chi connectivity index (χ0) is 12.3. The third kappa shape index (κ3) is 2.83. The standard InChI is InChI=1S/C11H16N4O2/c1-2-12-9(16)7-14-10-11(17)15(6-5-13-10)8-3-4-8/h5-6,8H,2-4,7H2,1H3,(H,12,16)(H,13,14). The summed E-state index contributed by atoms with van der Waals surface area (Å²) in [6.07, 6.45) is 5.36. The molecular weight excluding hydrogens is 220 g/mol. The Morgan fingerprint density at radius 3 is 3.00 bits per heavy atom. The number of carbonyl (C=O) groups is 1. The van der Waals surface area contributed by atoms with Crippen molar-refractivity contribution in [2.45, 2.75) is 25.8 Å². The lowest BCUT2D eigenvalue weighted by atomic mass is 10.5. The van der Waals surface area contributed by atoms with Crippen molar-refractivity contribution in [3.63, 3.8) is 0 Å². The second kappa shape index (κ2) is 4.99. The summed E-state index contributed by atoms with van der Waals surface area (Å²) in [5.41, 5.74) is -0.153. The summed E-state index contributed by atoms with van der Waals surface area (Å²) >= 11 is 0. The summed E-state index contributed by atoms with van der Waals surface area (Å²) in [5.74, 6) is 0.0983. The molecule has 1 fully saturated rings. The highest BCUT2D eigenvalue weighted by molar-refractivity contribution is 5.80. The van der Waals surface area contributed by atoms with E-state index in [1.807, 2.05) is 6.92 Å². The van der Waals surface area contributed by atoms with Gasteiger partial charge < -0.3 is 15.2 Å². The van der Waals surface area contributed by atoms with E-state index in [-0.39, 0.29) is 23.8 Å². The first-order chi connectivity index (χ1) is 8.22. The zero-order valence-electron chi connectivity index (χ0n) is 9.77. The SMILES string of the molecule is CCNC(=O)CNc1nccn(C2CC2)c1=O.